The van der Waals surface area contributed by atoms with Crippen LogP contribution in [0.2, 0.25) is 0 Å². The Hall–Kier alpha value is -0.740. The molecule has 1 saturated heterocycles. The summed E-state index contributed by atoms with van der Waals surface area (Å²) in [7, 11) is 0. The Labute approximate surface area is 77.1 Å². The third-order valence-electron chi connectivity index (χ3n) is 2.37. The summed E-state index contributed by atoms with van der Waals surface area (Å²) < 4.78 is 0. The molecule has 0 N–H and O–H groups in total. The first kappa shape index (κ1) is 10.3. The van der Waals surface area contributed by atoms with Crippen molar-refractivity contribution in [1.29, 1.82) is 0 Å². The van der Waals surface area contributed by atoms with Crippen LogP contribution in [0.5, 0.6) is 0 Å². The number of carbonyl (C=O) groups is 2. The highest BCUT2D eigenvalue weighted by atomic mass is 17.3. The number of aldehydes is 1. The lowest BCUT2D eigenvalue weighted by atomic mass is 9.89. The van der Waals surface area contributed by atoms with E-state index in [0.29, 0.717) is 6.29 Å². The van der Waals surface area contributed by atoms with E-state index in [1.54, 1.807) is 6.92 Å². The second-order valence-corrected chi connectivity index (χ2v) is 3.40. The van der Waals surface area contributed by atoms with E-state index in [-0.39, 0.29) is 6.10 Å². The summed E-state index contributed by atoms with van der Waals surface area (Å²) in [5.41, 5.74) is -1.03. The van der Waals surface area contributed by atoms with Gasteiger partial charge < -0.3 is 0 Å². The average molecular weight is 186 g/mol. The monoisotopic (exact) mass is 186 g/mol. The van der Waals surface area contributed by atoms with E-state index < -0.39 is 11.4 Å². The van der Waals surface area contributed by atoms with Gasteiger partial charge in [-0.15, -0.1) is 0 Å². The Morgan fingerprint density at radius 3 is 2.69 bits per heavy atom. The first-order valence-corrected chi connectivity index (χ1v) is 4.49. The molecular formula is C9H14O4. The van der Waals surface area contributed by atoms with E-state index in [9.17, 15) is 9.59 Å². The molecule has 2 atom stereocenters. The van der Waals surface area contributed by atoms with Crippen LogP contribution in [0, 0.1) is 0 Å². The maximum atomic E-state index is 11.1. The van der Waals surface area contributed by atoms with Crippen LogP contribution in [0.4, 0.5) is 0 Å². The van der Waals surface area contributed by atoms with Crippen LogP contribution in [-0.2, 0) is 19.4 Å². The number of hydrogen-bond acceptors (Lipinski definition) is 4. The third kappa shape index (κ3) is 1.78. The van der Waals surface area contributed by atoms with Crippen molar-refractivity contribution < 1.29 is 19.4 Å². The van der Waals surface area contributed by atoms with Gasteiger partial charge in [-0.05, 0) is 13.3 Å². The molecule has 1 aliphatic rings. The Kier molecular flexibility index (Phi) is 3.17. The lowest BCUT2D eigenvalue weighted by molar-refractivity contribution is -0.488. The van der Waals surface area contributed by atoms with Gasteiger partial charge >= 0.3 is 0 Å². The summed E-state index contributed by atoms with van der Waals surface area (Å²) in [4.78, 5) is 30.9. The largest absolute Gasteiger partial charge is 0.294 e. The Morgan fingerprint density at radius 2 is 2.31 bits per heavy atom. The topological polar surface area (TPSA) is 52.6 Å². The molecular weight excluding hydrogens is 172 g/mol. The first-order chi connectivity index (χ1) is 6.15. The molecule has 0 bridgehead atoms. The lowest BCUT2D eigenvalue weighted by Crippen LogP contribution is -2.59. The van der Waals surface area contributed by atoms with Crippen LogP contribution in [0.25, 0.3) is 0 Å². The number of ketones is 1. The highest BCUT2D eigenvalue weighted by Gasteiger charge is 2.52. The maximum absolute atomic E-state index is 11.1. The van der Waals surface area contributed by atoms with Crippen molar-refractivity contribution in [2.45, 2.75) is 44.8 Å². The zero-order chi connectivity index (χ0) is 9.90. The molecule has 0 radical (unpaired) electrons. The van der Waals surface area contributed by atoms with Crippen molar-refractivity contribution in [3.63, 3.8) is 0 Å². The highest BCUT2D eigenvalue weighted by Crippen LogP contribution is 2.33. The molecule has 0 aromatic rings. The molecule has 1 rings (SSSR count). The van der Waals surface area contributed by atoms with Crippen LogP contribution < -0.4 is 0 Å². The van der Waals surface area contributed by atoms with Gasteiger partial charge in [-0.2, -0.15) is 0 Å². The lowest BCUT2D eigenvalue weighted by Gasteiger charge is -2.41. The fourth-order valence-electron chi connectivity index (χ4n) is 1.29. The third-order valence-corrected chi connectivity index (χ3v) is 2.37. The molecule has 4 nitrogen and oxygen atoms in total. The van der Waals surface area contributed by atoms with Crippen molar-refractivity contribution >= 4 is 12.1 Å². The summed E-state index contributed by atoms with van der Waals surface area (Å²) >= 11 is 0. The van der Waals surface area contributed by atoms with Crippen LogP contribution in [-0.4, -0.2) is 23.8 Å². The SMILES string of the molecule is CCCCC1OOC1(C)C(=O)C=O. The Balaban J connectivity index is 2.50. The van der Waals surface area contributed by atoms with Crippen molar-refractivity contribution in [3.8, 4) is 0 Å². The quantitative estimate of drug-likeness (QED) is 0.365. The predicted molar refractivity (Wildman–Crippen MR) is 45.0 cm³/mol. The van der Waals surface area contributed by atoms with Crippen LogP contribution in [0.15, 0.2) is 0 Å². The normalized spacial score (nSPS) is 32.3. The van der Waals surface area contributed by atoms with Crippen molar-refractivity contribution in [1.82, 2.24) is 0 Å². The van der Waals surface area contributed by atoms with E-state index in [1.165, 1.54) is 0 Å². The summed E-state index contributed by atoms with van der Waals surface area (Å²) in [6, 6.07) is 0. The standard InChI is InChI=1S/C9H14O4/c1-3-4-5-8-9(2,13-12-8)7(11)6-10/h6,8H,3-5H2,1-2H3. The summed E-state index contributed by atoms with van der Waals surface area (Å²) in [6.45, 7) is 3.64. The molecule has 0 saturated carbocycles. The van der Waals surface area contributed by atoms with Gasteiger partial charge in [0.2, 0.25) is 5.78 Å². The van der Waals surface area contributed by atoms with Gasteiger partial charge in [-0.1, -0.05) is 19.8 Å². The van der Waals surface area contributed by atoms with Gasteiger partial charge in [0.25, 0.3) is 0 Å². The number of carbonyl (C=O) groups excluding carboxylic acids is 2. The van der Waals surface area contributed by atoms with E-state index in [4.69, 9.17) is 9.78 Å². The zero-order valence-electron chi connectivity index (χ0n) is 7.91. The van der Waals surface area contributed by atoms with Crippen molar-refractivity contribution in [2.75, 3.05) is 0 Å². The molecule has 0 aromatic carbocycles. The molecule has 0 spiro atoms. The number of Topliss-reactive ketones (excluding diaryl/α,β-unsaturated/α-hetero) is 1. The molecule has 13 heavy (non-hydrogen) atoms. The van der Waals surface area contributed by atoms with Crippen LogP contribution in [0.1, 0.15) is 33.1 Å². The number of unbranched alkanes of at least 4 members (excludes halogenated alkanes) is 1. The molecule has 2 unspecified atom stereocenters. The summed E-state index contributed by atoms with van der Waals surface area (Å²) in [5, 5.41) is 0. The smallest absolute Gasteiger partial charge is 0.232 e. The van der Waals surface area contributed by atoms with Crippen LogP contribution >= 0.6 is 0 Å². The Bertz CT molecular complexity index is 214. The van der Waals surface area contributed by atoms with Gasteiger partial charge in [0, 0.05) is 0 Å². The fraction of sp³-hybridized carbons (Fsp3) is 0.778. The Morgan fingerprint density at radius 1 is 1.62 bits per heavy atom. The molecule has 0 aromatic heterocycles. The molecule has 4 heteroatoms. The molecule has 0 aliphatic carbocycles. The summed E-state index contributed by atoms with van der Waals surface area (Å²) in [5.74, 6) is -0.542. The van der Waals surface area contributed by atoms with E-state index in [2.05, 4.69) is 6.92 Å². The second-order valence-electron chi connectivity index (χ2n) is 3.40. The molecule has 0 amide bonds. The van der Waals surface area contributed by atoms with Gasteiger partial charge in [0.05, 0.1) is 0 Å². The minimum atomic E-state index is -1.03. The maximum Gasteiger partial charge on any atom is 0.232 e. The fourth-order valence-corrected chi connectivity index (χ4v) is 1.29. The number of hydrogen-bond donors (Lipinski definition) is 0. The minimum Gasteiger partial charge on any atom is -0.294 e. The van der Waals surface area contributed by atoms with Crippen molar-refractivity contribution in [2.24, 2.45) is 0 Å². The van der Waals surface area contributed by atoms with Crippen LogP contribution in [0.3, 0.4) is 0 Å². The predicted octanol–water partition coefficient (Wildman–Crippen LogP) is 1.03. The van der Waals surface area contributed by atoms with Gasteiger partial charge in [-0.25, -0.2) is 9.78 Å². The van der Waals surface area contributed by atoms with E-state index in [0.717, 1.165) is 19.3 Å². The summed E-state index contributed by atoms with van der Waals surface area (Å²) in [6.07, 6.45) is 2.79. The van der Waals surface area contributed by atoms with E-state index in [1.807, 2.05) is 0 Å². The molecule has 1 fully saturated rings. The van der Waals surface area contributed by atoms with Gasteiger partial charge in [0.1, 0.15) is 6.10 Å². The highest BCUT2D eigenvalue weighted by molar-refractivity contribution is 6.29. The molecule has 74 valence electrons. The van der Waals surface area contributed by atoms with Gasteiger partial charge in [0.15, 0.2) is 11.9 Å². The van der Waals surface area contributed by atoms with E-state index >= 15 is 0 Å². The first-order valence-electron chi connectivity index (χ1n) is 4.49. The minimum absolute atomic E-state index is 0.259. The molecule has 1 heterocycles. The average Bonchev–Trinajstić information content (AvgIpc) is 2.14. The van der Waals surface area contributed by atoms with Crippen molar-refractivity contribution in [3.05, 3.63) is 0 Å². The second kappa shape index (κ2) is 3.98. The zero-order valence-corrected chi connectivity index (χ0v) is 7.91. The molecule has 1 aliphatic heterocycles. The number of rotatable bonds is 5. The van der Waals surface area contributed by atoms with Gasteiger partial charge in [-0.3, -0.25) is 9.59 Å².